The summed E-state index contributed by atoms with van der Waals surface area (Å²) in [5, 5.41) is 9.50. The minimum atomic E-state index is 0.738. The second kappa shape index (κ2) is 4.35. The molecule has 0 N–H and O–H groups in total. The molecule has 0 aliphatic carbocycles. The molecule has 4 nitrogen and oxygen atoms in total. The van der Waals surface area contributed by atoms with Crippen LogP contribution >= 0.6 is 0 Å². The zero-order valence-electron chi connectivity index (χ0n) is 10.6. The Kier molecular flexibility index (Phi) is 2.39. The van der Waals surface area contributed by atoms with Crippen LogP contribution in [-0.2, 0) is 0 Å². The molecule has 0 aliphatic heterocycles. The van der Waals surface area contributed by atoms with Crippen molar-refractivity contribution in [3.8, 4) is 11.4 Å². The first-order chi connectivity index (χ1) is 9.90. The summed E-state index contributed by atoms with van der Waals surface area (Å²) in [5.41, 5.74) is 4.10. The molecule has 0 unspecified atom stereocenters. The van der Waals surface area contributed by atoms with Crippen molar-refractivity contribution in [3.05, 3.63) is 60.8 Å². The number of rotatable bonds is 1. The number of hydrogen-bond donors (Lipinski definition) is 0. The molecular weight excluding hydrogens is 248 g/mol. The van der Waals surface area contributed by atoms with E-state index in [9.17, 15) is 0 Å². The molecule has 2 heterocycles. The standard InChI is InChI=1S/C16H10N4/c1-2-6-12-11(5-1)9-15(20-19-12)16-10-17-13-7-3-4-8-14(13)18-16/h1-10H. The highest BCUT2D eigenvalue weighted by Gasteiger charge is 2.05. The van der Waals surface area contributed by atoms with Crippen LogP contribution in [0.1, 0.15) is 0 Å². The Labute approximate surface area is 115 Å². The summed E-state index contributed by atoms with van der Waals surface area (Å²) >= 11 is 0. The second-order valence-electron chi connectivity index (χ2n) is 4.53. The lowest BCUT2D eigenvalue weighted by atomic mass is 10.2. The average molecular weight is 258 g/mol. The quantitative estimate of drug-likeness (QED) is 0.526. The topological polar surface area (TPSA) is 51.6 Å². The fourth-order valence-corrected chi connectivity index (χ4v) is 2.19. The smallest absolute Gasteiger partial charge is 0.114 e. The van der Waals surface area contributed by atoms with E-state index in [-0.39, 0.29) is 0 Å². The summed E-state index contributed by atoms with van der Waals surface area (Å²) in [5.74, 6) is 0. The highest BCUT2D eigenvalue weighted by molar-refractivity contribution is 5.82. The van der Waals surface area contributed by atoms with Gasteiger partial charge in [-0.25, -0.2) is 4.98 Å². The third-order valence-corrected chi connectivity index (χ3v) is 3.21. The van der Waals surface area contributed by atoms with E-state index in [2.05, 4.69) is 20.2 Å². The number of hydrogen-bond acceptors (Lipinski definition) is 4. The predicted octanol–water partition coefficient (Wildman–Crippen LogP) is 3.24. The van der Waals surface area contributed by atoms with Crippen molar-refractivity contribution in [1.82, 2.24) is 20.2 Å². The Hall–Kier alpha value is -2.88. The van der Waals surface area contributed by atoms with Crippen LogP contribution in [0, 0.1) is 0 Å². The molecular formula is C16H10N4. The predicted molar refractivity (Wildman–Crippen MR) is 78.1 cm³/mol. The summed E-state index contributed by atoms with van der Waals surface area (Å²) in [7, 11) is 0. The lowest BCUT2D eigenvalue weighted by Crippen LogP contribution is -1.93. The van der Waals surface area contributed by atoms with Crippen molar-refractivity contribution < 1.29 is 0 Å². The monoisotopic (exact) mass is 258 g/mol. The van der Waals surface area contributed by atoms with E-state index >= 15 is 0 Å². The largest absolute Gasteiger partial charge is 0.252 e. The number of aromatic nitrogens is 4. The van der Waals surface area contributed by atoms with Crippen LogP contribution in [0.4, 0.5) is 0 Å². The van der Waals surface area contributed by atoms with Crippen LogP contribution in [0.25, 0.3) is 33.3 Å². The molecule has 0 atom stereocenters. The van der Waals surface area contributed by atoms with Gasteiger partial charge in [0.25, 0.3) is 0 Å². The summed E-state index contributed by atoms with van der Waals surface area (Å²) in [4.78, 5) is 8.99. The van der Waals surface area contributed by atoms with Crippen molar-refractivity contribution in [2.45, 2.75) is 0 Å². The minimum Gasteiger partial charge on any atom is -0.252 e. The highest BCUT2D eigenvalue weighted by Crippen LogP contribution is 2.20. The normalized spacial score (nSPS) is 11.0. The Bertz CT molecular complexity index is 841. The fourth-order valence-electron chi connectivity index (χ4n) is 2.19. The third kappa shape index (κ3) is 1.78. The van der Waals surface area contributed by atoms with Crippen LogP contribution < -0.4 is 0 Å². The number of nitrogens with zero attached hydrogens (tertiary/aromatic N) is 4. The van der Waals surface area contributed by atoms with Crippen molar-refractivity contribution in [1.29, 1.82) is 0 Å². The Balaban J connectivity index is 1.91. The SMILES string of the molecule is c1ccc2nnc(-c3cnc4ccccc4n3)cc2c1. The van der Waals surface area contributed by atoms with Crippen LogP contribution in [0.15, 0.2) is 60.8 Å². The molecule has 0 saturated carbocycles. The number of fused-ring (bicyclic) bond motifs is 2. The van der Waals surface area contributed by atoms with Gasteiger partial charge in [0.1, 0.15) is 11.4 Å². The molecule has 94 valence electrons. The molecule has 4 rings (SSSR count). The minimum absolute atomic E-state index is 0.738. The van der Waals surface area contributed by atoms with Crippen LogP contribution in [-0.4, -0.2) is 20.2 Å². The van der Waals surface area contributed by atoms with Gasteiger partial charge in [-0.05, 0) is 24.3 Å². The molecule has 0 saturated heterocycles. The van der Waals surface area contributed by atoms with E-state index in [1.54, 1.807) is 6.20 Å². The Morgan fingerprint density at radius 2 is 1.40 bits per heavy atom. The van der Waals surface area contributed by atoms with Gasteiger partial charge in [-0.3, -0.25) is 4.98 Å². The van der Waals surface area contributed by atoms with Gasteiger partial charge in [-0.2, -0.15) is 0 Å². The second-order valence-corrected chi connectivity index (χ2v) is 4.53. The van der Waals surface area contributed by atoms with Gasteiger partial charge in [0.15, 0.2) is 0 Å². The first-order valence-corrected chi connectivity index (χ1v) is 6.35. The van der Waals surface area contributed by atoms with E-state index in [1.807, 2.05) is 54.6 Å². The van der Waals surface area contributed by atoms with E-state index in [0.717, 1.165) is 33.3 Å². The van der Waals surface area contributed by atoms with Gasteiger partial charge < -0.3 is 0 Å². The molecule has 0 spiro atoms. The lowest BCUT2D eigenvalue weighted by Gasteiger charge is -2.02. The van der Waals surface area contributed by atoms with Gasteiger partial charge >= 0.3 is 0 Å². The first-order valence-electron chi connectivity index (χ1n) is 6.35. The highest BCUT2D eigenvalue weighted by atomic mass is 15.1. The molecule has 20 heavy (non-hydrogen) atoms. The third-order valence-electron chi connectivity index (χ3n) is 3.21. The molecule has 0 fully saturated rings. The van der Waals surface area contributed by atoms with E-state index < -0.39 is 0 Å². The maximum atomic E-state index is 4.59. The number of benzene rings is 2. The molecule has 0 aliphatic rings. The fraction of sp³-hybridized carbons (Fsp3) is 0. The first kappa shape index (κ1) is 11.0. The van der Waals surface area contributed by atoms with Gasteiger partial charge in [0, 0.05) is 5.39 Å². The van der Waals surface area contributed by atoms with Crippen molar-refractivity contribution in [2.75, 3.05) is 0 Å². The maximum Gasteiger partial charge on any atom is 0.114 e. The van der Waals surface area contributed by atoms with Gasteiger partial charge in [-0.15, -0.1) is 10.2 Å². The molecule has 4 aromatic rings. The van der Waals surface area contributed by atoms with Crippen molar-refractivity contribution >= 4 is 21.9 Å². The molecule has 0 bridgehead atoms. The van der Waals surface area contributed by atoms with E-state index in [4.69, 9.17) is 0 Å². The van der Waals surface area contributed by atoms with Gasteiger partial charge in [-0.1, -0.05) is 30.3 Å². The molecule has 0 radical (unpaired) electrons. The van der Waals surface area contributed by atoms with Crippen LogP contribution in [0.5, 0.6) is 0 Å². The summed E-state index contributed by atoms with van der Waals surface area (Å²) in [6.45, 7) is 0. The van der Waals surface area contributed by atoms with E-state index in [0.29, 0.717) is 0 Å². The number of para-hydroxylation sites is 2. The lowest BCUT2D eigenvalue weighted by molar-refractivity contribution is 1.07. The van der Waals surface area contributed by atoms with E-state index in [1.165, 1.54) is 0 Å². The molecule has 4 heteroatoms. The summed E-state index contributed by atoms with van der Waals surface area (Å²) < 4.78 is 0. The summed E-state index contributed by atoms with van der Waals surface area (Å²) in [6, 6.07) is 17.7. The van der Waals surface area contributed by atoms with Gasteiger partial charge in [0.2, 0.25) is 0 Å². The van der Waals surface area contributed by atoms with Crippen molar-refractivity contribution in [3.63, 3.8) is 0 Å². The zero-order valence-corrected chi connectivity index (χ0v) is 10.6. The van der Waals surface area contributed by atoms with Crippen molar-refractivity contribution in [2.24, 2.45) is 0 Å². The average Bonchev–Trinajstić information content (AvgIpc) is 2.54. The summed E-state index contributed by atoms with van der Waals surface area (Å²) in [6.07, 6.45) is 1.74. The Morgan fingerprint density at radius 1 is 0.650 bits per heavy atom. The maximum absolute atomic E-state index is 4.59. The molecule has 2 aromatic carbocycles. The van der Waals surface area contributed by atoms with Crippen LogP contribution in [0.3, 0.4) is 0 Å². The molecule has 0 amide bonds. The molecule has 2 aromatic heterocycles. The van der Waals surface area contributed by atoms with Crippen LogP contribution in [0.2, 0.25) is 0 Å². The zero-order chi connectivity index (χ0) is 13.4. The van der Waals surface area contributed by atoms with Gasteiger partial charge in [0.05, 0.1) is 22.7 Å². The Morgan fingerprint density at radius 3 is 2.30 bits per heavy atom.